The highest BCUT2D eigenvalue weighted by molar-refractivity contribution is 6.07. The number of pyridine rings is 1. The van der Waals surface area contributed by atoms with Gasteiger partial charge in [-0.05, 0) is 36.0 Å². The van der Waals surface area contributed by atoms with Crippen LogP contribution in [-0.2, 0) is 6.42 Å². The molecule has 1 heterocycles. The standard InChI is InChI=1S/C26H32N2O/c1-6-20-11-13-21(14-12-20)25-15-23(22-9-7-8-10-24(22)27-25)26(29)28(16-18(2)3)17-19(4)5/h7-15,18-19H,6,16-17H2,1-5H3. The van der Waals surface area contributed by atoms with E-state index in [2.05, 4.69) is 58.9 Å². The van der Waals surface area contributed by atoms with E-state index in [1.54, 1.807) is 0 Å². The molecule has 0 N–H and O–H groups in total. The van der Waals surface area contributed by atoms with Gasteiger partial charge in [0.15, 0.2) is 0 Å². The van der Waals surface area contributed by atoms with Crippen molar-refractivity contribution in [3.8, 4) is 11.3 Å². The minimum Gasteiger partial charge on any atom is -0.338 e. The molecule has 0 aliphatic carbocycles. The first kappa shape index (κ1) is 21.0. The van der Waals surface area contributed by atoms with Crippen LogP contribution < -0.4 is 0 Å². The fraction of sp³-hybridized carbons (Fsp3) is 0.385. The summed E-state index contributed by atoms with van der Waals surface area (Å²) in [6.45, 7) is 12.3. The zero-order valence-electron chi connectivity index (χ0n) is 18.3. The summed E-state index contributed by atoms with van der Waals surface area (Å²) in [5, 5.41) is 0.920. The van der Waals surface area contributed by atoms with Crippen molar-refractivity contribution in [3.63, 3.8) is 0 Å². The Balaban J connectivity index is 2.10. The van der Waals surface area contributed by atoms with E-state index in [1.807, 2.05) is 35.2 Å². The highest BCUT2D eigenvalue weighted by atomic mass is 16.2. The van der Waals surface area contributed by atoms with Gasteiger partial charge in [-0.1, -0.05) is 77.1 Å². The Morgan fingerprint density at radius 2 is 1.55 bits per heavy atom. The summed E-state index contributed by atoms with van der Waals surface area (Å²) in [7, 11) is 0. The molecule has 3 nitrogen and oxygen atoms in total. The molecule has 0 fully saturated rings. The molecule has 2 aromatic carbocycles. The lowest BCUT2D eigenvalue weighted by molar-refractivity contribution is 0.0717. The molecule has 0 bridgehead atoms. The third-order valence-corrected chi connectivity index (χ3v) is 5.06. The van der Waals surface area contributed by atoms with Crippen molar-refractivity contribution in [2.45, 2.75) is 41.0 Å². The monoisotopic (exact) mass is 388 g/mol. The molecule has 0 spiro atoms. The second-order valence-corrected chi connectivity index (χ2v) is 8.62. The third-order valence-electron chi connectivity index (χ3n) is 5.06. The van der Waals surface area contributed by atoms with Gasteiger partial charge in [0.1, 0.15) is 0 Å². The van der Waals surface area contributed by atoms with Gasteiger partial charge < -0.3 is 4.90 Å². The van der Waals surface area contributed by atoms with Crippen molar-refractivity contribution < 1.29 is 4.79 Å². The van der Waals surface area contributed by atoms with Crippen molar-refractivity contribution in [3.05, 3.63) is 65.7 Å². The van der Waals surface area contributed by atoms with E-state index in [0.717, 1.165) is 47.2 Å². The quantitative estimate of drug-likeness (QED) is 0.481. The highest BCUT2D eigenvalue weighted by Crippen LogP contribution is 2.27. The molecule has 29 heavy (non-hydrogen) atoms. The van der Waals surface area contributed by atoms with Crippen molar-refractivity contribution >= 4 is 16.8 Å². The first-order chi connectivity index (χ1) is 13.9. The van der Waals surface area contributed by atoms with Crippen LogP contribution >= 0.6 is 0 Å². The Hall–Kier alpha value is -2.68. The summed E-state index contributed by atoms with van der Waals surface area (Å²) in [5.74, 6) is 0.941. The number of benzene rings is 2. The predicted octanol–water partition coefficient (Wildman–Crippen LogP) is 6.22. The molecular formula is C26H32N2O. The summed E-state index contributed by atoms with van der Waals surface area (Å²) in [6, 6.07) is 18.4. The van der Waals surface area contributed by atoms with Crippen LogP contribution in [0, 0.1) is 11.8 Å². The van der Waals surface area contributed by atoms with Crippen LogP contribution in [0.2, 0.25) is 0 Å². The Morgan fingerprint density at radius 1 is 0.931 bits per heavy atom. The molecule has 0 aliphatic rings. The number of para-hydroxylation sites is 1. The van der Waals surface area contributed by atoms with E-state index in [0.29, 0.717) is 11.8 Å². The molecule has 0 aliphatic heterocycles. The highest BCUT2D eigenvalue weighted by Gasteiger charge is 2.21. The van der Waals surface area contributed by atoms with Gasteiger partial charge in [-0.25, -0.2) is 4.98 Å². The molecule has 0 atom stereocenters. The number of aryl methyl sites for hydroxylation is 1. The van der Waals surface area contributed by atoms with Crippen molar-refractivity contribution in [2.24, 2.45) is 11.8 Å². The van der Waals surface area contributed by atoms with E-state index in [4.69, 9.17) is 4.98 Å². The van der Waals surface area contributed by atoms with Crippen LogP contribution in [0.1, 0.15) is 50.5 Å². The molecule has 152 valence electrons. The number of carbonyl (C=O) groups is 1. The van der Waals surface area contributed by atoms with E-state index < -0.39 is 0 Å². The van der Waals surface area contributed by atoms with Crippen LogP contribution in [0.15, 0.2) is 54.6 Å². The second kappa shape index (κ2) is 9.21. The van der Waals surface area contributed by atoms with Gasteiger partial charge in [0.05, 0.1) is 16.8 Å². The zero-order valence-corrected chi connectivity index (χ0v) is 18.3. The number of amides is 1. The molecule has 0 saturated carbocycles. The summed E-state index contributed by atoms with van der Waals surface area (Å²) < 4.78 is 0. The van der Waals surface area contributed by atoms with E-state index >= 15 is 0 Å². The summed E-state index contributed by atoms with van der Waals surface area (Å²) >= 11 is 0. The van der Waals surface area contributed by atoms with Crippen molar-refractivity contribution in [2.75, 3.05) is 13.1 Å². The maximum Gasteiger partial charge on any atom is 0.254 e. The van der Waals surface area contributed by atoms with Gasteiger partial charge in [0, 0.05) is 24.0 Å². The van der Waals surface area contributed by atoms with E-state index in [-0.39, 0.29) is 5.91 Å². The van der Waals surface area contributed by atoms with Crippen LogP contribution in [0.3, 0.4) is 0 Å². The molecular weight excluding hydrogens is 356 g/mol. The normalized spacial score (nSPS) is 11.4. The van der Waals surface area contributed by atoms with E-state index in [1.165, 1.54) is 5.56 Å². The van der Waals surface area contributed by atoms with Gasteiger partial charge in [-0.15, -0.1) is 0 Å². The molecule has 0 radical (unpaired) electrons. The molecule has 3 aromatic rings. The lowest BCUT2D eigenvalue weighted by Gasteiger charge is -2.27. The number of aromatic nitrogens is 1. The molecule has 0 saturated heterocycles. The molecule has 3 heteroatoms. The number of fused-ring (bicyclic) bond motifs is 1. The Bertz CT molecular complexity index is 964. The lowest BCUT2D eigenvalue weighted by Crippen LogP contribution is -2.37. The fourth-order valence-electron chi connectivity index (χ4n) is 3.70. The topological polar surface area (TPSA) is 33.2 Å². The van der Waals surface area contributed by atoms with Gasteiger partial charge in [0.25, 0.3) is 5.91 Å². The zero-order chi connectivity index (χ0) is 21.0. The van der Waals surface area contributed by atoms with Crippen molar-refractivity contribution in [1.29, 1.82) is 0 Å². The first-order valence-electron chi connectivity index (χ1n) is 10.7. The number of hydrogen-bond donors (Lipinski definition) is 0. The SMILES string of the molecule is CCc1ccc(-c2cc(C(=O)N(CC(C)C)CC(C)C)c3ccccc3n2)cc1. The van der Waals surface area contributed by atoms with Crippen molar-refractivity contribution in [1.82, 2.24) is 9.88 Å². The number of hydrogen-bond acceptors (Lipinski definition) is 2. The molecule has 0 unspecified atom stereocenters. The summed E-state index contributed by atoms with van der Waals surface area (Å²) in [5.41, 5.74) is 4.80. The second-order valence-electron chi connectivity index (χ2n) is 8.62. The van der Waals surface area contributed by atoms with E-state index in [9.17, 15) is 4.79 Å². The summed E-state index contributed by atoms with van der Waals surface area (Å²) in [4.78, 5) is 20.5. The molecule has 3 rings (SSSR count). The molecule has 1 amide bonds. The smallest absolute Gasteiger partial charge is 0.254 e. The maximum absolute atomic E-state index is 13.6. The number of carbonyl (C=O) groups excluding carboxylic acids is 1. The average Bonchev–Trinajstić information content (AvgIpc) is 2.71. The Morgan fingerprint density at radius 3 is 2.14 bits per heavy atom. The fourth-order valence-corrected chi connectivity index (χ4v) is 3.70. The van der Waals surface area contributed by atoms with Gasteiger partial charge in [-0.3, -0.25) is 4.79 Å². The van der Waals surface area contributed by atoms with Crippen LogP contribution in [0.25, 0.3) is 22.2 Å². The predicted molar refractivity (Wildman–Crippen MR) is 122 cm³/mol. The third kappa shape index (κ3) is 5.03. The number of nitrogens with zero attached hydrogens (tertiary/aromatic N) is 2. The number of rotatable bonds is 7. The van der Waals surface area contributed by atoms with Gasteiger partial charge >= 0.3 is 0 Å². The first-order valence-corrected chi connectivity index (χ1v) is 10.7. The van der Waals surface area contributed by atoms with Crippen LogP contribution in [0.4, 0.5) is 0 Å². The Kier molecular flexibility index (Phi) is 6.68. The van der Waals surface area contributed by atoms with Crippen LogP contribution in [0.5, 0.6) is 0 Å². The summed E-state index contributed by atoms with van der Waals surface area (Å²) in [6.07, 6.45) is 1.01. The van der Waals surface area contributed by atoms with Gasteiger partial charge in [0.2, 0.25) is 0 Å². The minimum absolute atomic E-state index is 0.0948. The largest absolute Gasteiger partial charge is 0.338 e. The lowest BCUT2D eigenvalue weighted by atomic mass is 10.0. The van der Waals surface area contributed by atoms with Gasteiger partial charge in [-0.2, -0.15) is 0 Å². The minimum atomic E-state index is 0.0948. The Labute approximate surface area is 174 Å². The molecule has 1 aromatic heterocycles. The maximum atomic E-state index is 13.6. The average molecular weight is 389 g/mol. The van der Waals surface area contributed by atoms with Crippen LogP contribution in [-0.4, -0.2) is 28.9 Å².